The summed E-state index contributed by atoms with van der Waals surface area (Å²) in [5, 5.41) is 11.2. The quantitative estimate of drug-likeness (QED) is 0.827. The van der Waals surface area contributed by atoms with E-state index in [1.807, 2.05) is 30.3 Å². The highest BCUT2D eigenvalue weighted by atomic mass is 16.5. The molecule has 0 aliphatic carbocycles. The normalized spacial score (nSPS) is 15.9. The van der Waals surface area contributed by atoms with Crippen LogP contribution in [0, 0.1) is 5.41 Å². The van der Waals surface area contributed by atoms with Gasteiger partial charge in [-0.05, 0) is 29.8 Å². The highest BCUT2D eigenvalue weighted by Gasteiger charge is 2.31. The van der Waals surface area contributed by atoms with Crippen molar-refractivity contribution in [3.8, 4) is 5.75 Å². The molecule has 0 radical (unpaired) electrons. The Balaban J connectivity index is 1.66. The predicted molar refractivity (Wildman–Crippen MR) is 92.2 cm³/mol. The zero-order valence-electron chi connectivity index (χ0n) is 13.3. The fourth-order valence-electron chi connectivity index (χ4n) is 2.47. The summed E-state index contributed by atoms with van der Waals surface area (Å²) in [5.41, 5.74) is 2.44. The van der Waals surface area contributed by atoms with Gasteiger partial charge in [-0.2, -0.15) is 0 Å². The Hall–Kier alpha value is -3.15. The summed E-state index contributed by atoms with van der Waals surface area (Å²) >= 11 is 0. The van der Waals surface area contributed by atoms with Crippen molar-refractivity contribution >= 4 is 17.3 Å². The van der Waals surface area contributed by atoms with Gasteiger partial charge in [-0.1, -0.05) is 12.1 Å². The maximum atomic E-state index is 12.5. The number of ether oxygens (including phenoxy) is 1. The number of carbonyl (C=O) groups is 1. The second kappa shape index (κ2) is 6.95. The first kappa shape index (κ1) is 15.7. The molecule has 1 saturated heterocycles. The zero-order valence-corrected chi connectivity index (χ0v) is 13.3. The van der Waals surface area contributed by atoms with Crippen molar-refractivity contribution in [2.75, 3.05) is 18.6 Å². The Bertz CT molecular complexity index is 769. The molecule has 3 rings (SSSR count). The van der Waals surface area contributed by atoms with Gasteiger partial charge in [0.25, 0.3) is 5.91 Å². The third-order valence-corrected chi connectivity index (χ3v) is 3.79. The first-order chi connectivity index (χ1) is 11.7. The van der Waals surface area contributed by atoms with Crippen LogP contribution in [0.2, 0.25) is 0 Å². The SMILES string of the molecule is COc1ccc(CN/C=C2\C(=N)CN(c3cccnc3)C2=O)cc1. The molecule has 0 unspecified atom stereocenters. The van der Waals surface area contributed by atoms with Gasteiger partial charge in [0.1, 0.15) is 5.75 Å². The van der Waals surface area contributed by atoms with Crippen molar-refractivity contribution in [2.45, 2.75) is 6.54 Å². The molecule has 1 fully saturated rings. The van der Waals surface area contributed by atoms with Crippen LogP contribution in [0.3, 0.4) is 0 Å². The predicted octanol–water partition coefficient (Wildman–Crippen LogP) is 2.13. The lowest BCUT2D eigenvalue weighted by Crippen LogP contribution is -2.25. The molecule has 1 aromatic carbocycles. The number of hydrogen-bond acceptors (Lipinski definition) is 5. The monoisotopic (exact) mass is 322 g/mol. The Kier molecular flexibility index (Phi) is 4.56. The minimum Gasteiger partial charge on any atom is -0.497 e. The van der Waals surface area contributed by atoms with E-state index < -0.39 is 0 Å². The molecule has 6 heteroatoms. The lowest BCUT2D eigenvalue weighted by atomic mass is 10.2. The van der Waals surface area contributed by atoms with E-state index in [1.165, 1.54) is 0 Å². The largest absolute Gasteiger partial charge is 0.497 e. The number of aromatic nitrogens is 1. The average Bonchev–Trinajstić information content (AvgIpc) is 2.91. The molecule has 0 spiro atoms. The minimum absolute atomic E-state index is 0.185. The molecule has 1 amide bonds. The zero-order chi connectivity index (χ0) is 16.9. The fraction of sp³-hybridized carbons (Fsp3) is 0.167. The molecule has 6 nitrogen and oxygen atoms in total. The van der Waals surface area contributed by atoms with Crippen molar-refractivity contribution in [1.82, 2.24) is 10.3 Å². The van der Waals surface area contributed by atoms with Crippen LogP contribution in [0.4, 0.5) is 5.69 Å². The maximum absolute atomic E-state index is 12.5. The first-order valence-corrected chi connectivity index (χ1v) is 7.55. The molecule has 0 bridgehead atoms. The van der Waals surface area contributed by atoms with Gasteiger partial charge in [0.15, 0.2) is 0 Å². The maximum Gasteiger partial charge on any atom is 0.262 e. The number of hydrogen-bond donors (Lipinski definition) is 2. The van der Waals surface area contributed by atoms with Crippen LogP contribution in [0.5, 0.6) is 5.75 Å². The third kappa shape index (κ3) is 3.27. The van der Waals surface area contributed by atoms with Crippen molar-refractivity contribution in [3.63, 3.8) is 0 Å². The molecule has 2 heterocycles. The van der Waals surface area contributed by atoms with Gasteiger partial charge in [0.05, 0.1) is 36.8 Å². The Morgan fingerprint density at radius 2 is 2.12 bits per heavy atom. The van der Waals surface area contributed by atoms with Gasteiger partial charge in [0, 0.05) is 18.9 Å². The molecule has 2 N–H and O–H groups in total. The Morgan fingerprint density at radius 3 is 2.79 bits per heavy atom. The lowest BCUT2D eigenvalue weighted by molar-refractivity contribution is -0.114. The summed E-state index contributed by atoms with van der Waals surface area (Å²) in [5.74, 6) is 0.618. The average molecular weight is 322 g/mol. The van der Waals surface area contributed by atoms with Crippen LogP contribution < -0.4 is 15.0 Å². The number of nitrogens with zero attached hydrogens (tertiary/aromatic N) is 2. The summed E-state index contributed by atoms with van der Waals surface area (Å²) in [6.07, 6.45) is 4.90. The molecular formula is C18H18N4O2. The summed E-state index contributed by atoms with van der Waals surface area (Å²) in [7, 11) is 1.63. The second-order valence-electron chi connectivity index (χ2n) is 5.37. The number of nitrogens with one attached hydrogen (secondary N) is 2. The fourth-order valence-corrected chi connectivity index (χ4v) is 2.47. The van der Waals surface area contributed by atoms with E-state index in [4.69, 9.17) is 10.1 Å². The summed E-state index contributed by atoms with van der Waals surface area (Å²) in [6.45, 7) is 0.835. The first-order valence-electron chi connectivity index (χ1n) is 7.55. The van der Waals surface area contributed by atoms with Crippen molar-refractivity contribution in [1.29, 1.82) is 5.41 Å². The molecule has 2 aromatic rings. The number of pyridine rings is 1. The van der Waals surface area contributed by atoms with Crippen molar-refractivity contribution in [2.24, 2.45) is 0 Å². The number of carbonyl (C=O) groups excluding carboxylic acids is 1. The van der Waals surface area contributed by atoms with E-state index in [1.54, 1.807) is 36.7 Å². The highest BCUT2D eigenvalue weighted by molar-refractivity contribution is 6.32. The summed E-state index contributed by atoms with van der Waals surface area (Å²) in [4.78, 5) is 18.0. The molecule has 1 aromatic heterocycles. The van der Waals surface area contributed by atoms with Crippen molar-refractivity contribution in [3.05, 3.63) is 66.1 Å². The number of amides is 1. The van der Waals surface area contributed by atoms with Gasteiger partial charge in [-0.25, -0.2) is 0 Å². The van der Waals surface area contributed by atoms with Gasteiger partial charge in [-0.15, -0.1) is 0 Å². The van der Waals surface area contributed by atoms with E-state index in [9.17, 15) is 4.79 Å². The standard InChI is InChI=1S/C18H18N4O2/c1-24-15-6-4-13(5-7-15)9-21-11-16-17(19)12-22(18(16)23)14-3-2-8-20-10-14/h2-8,10-11,19,21H,9,12H2,1H3/b16-11+,19-17?. The number of methoxy groups -OCH3 is 1. The number of benzene rings is 1. The van der Waals surface area contributed by atoms with E-state index >= 15 is 0 Å². The lowest BCUT2D eigenvalue weighted by Gasteiger charge is -2.13. The van der Waals surface area contributed by atoms with Gasteiger partial charge >= 0.3 is 0 Å². The Labute approximate surface area is 140 Å². The molecule has 122 valence electrons. The molecule has 0 saturated carbocycles. The number of rotatable bonds is 5. The van der Waals surface area contributed by atoms with E-state index in [2.05, 4.69) is 10.3 Å². The van der Waals surface area contributed by atoms with Crippen LogP contribution in [0.15, 0.2) is 60.6 Å². The van der Waals surface area contributed by atoms with E-state index in [0.29, 0.717) is 23.5 Å². The van der Waals surface area contributed by atoms with Crippen LogP contribution >= 0.6 is 0 Å². The molecule has 1 aliphatic rings. The molecule has 1 aliphatic heterocycles. The number of anilines is 1. The van der Waals surface area contributed by atoms with E-state index in [0.717, 1.165) is 11.3 Å². The summed E-state index contributed by atoms with van der Waals surface area (Å²) in [6, 6.07) is 11.3. The van der Waals surface area contributed by atoms with Crippen LogP contribution in [0.1, 0.15) is 5.56 Å². The molecule has 24 heavy (non-hydrogen) atoms. The van der Waals surface area contributed by atoms with Crippen molar-refractivity contribution < 1.29 is 9.53 Å². The third-order valence-electron chi connectivity index (χ3n) is 3.79. The van der Waals surface area contributed by atoms with Gasteiger partial charge in [0.2, 0.25) is 0 Å². The smallest absolute Gasteiger partial charge is 0.262 e. The van der Waals surface area contributed by atoms with E-state index in [-0.39, 0.29) is 12.5 Å². The Morgan fingerprint density at radius 1 is 1.33 bits per heavy atom. The van der Waals surface area contributed by atoms with Crippen LogP contribution in [0.25, 0.3) is 0 Å². The highest BCUT2D eigenvalue weighted by Crippen LogP contribution is 2.21. The van der Waals surface area contributed by atoms with Crippen LogP contribution in [-0.2, 0) is 11.3 Å². The minimum atomic E-state index is -0.185. The van der Waals surface area contributed by atoms with Crippen LogP contribution in [-0.4, -0.2) is 30.3 Å². The topological polar surface area (TPSA) is 78.3 Å². The summed E-state index contributed by atoms with van der Waals surface area (Å²) < 4.78 is 5.12. The van der Waals surface area contributed by atoms with Gasteiger partial charge in [-0.3, -0.25) is 9.78 Å². The molecular weight excluding hydrogens is 304 g/mol. The molecule has 0 atom stereocenters. The second-order valence-corrected chi connectivity index (χ2v) is 5.37. The van der Waals surface area contributed by atoms with Gasteiger partial charge < -0.3 is 20.4 Å².